The molecule has 0 aliphatic carbocycles. The lowest BCUT2D eigenvalue weighted by molar-refractivity contribution is 0.612. The van der Waals surface area contributed by atoms with Gasteiger partial charge in [-0.15, -0.1) is 0 Å². The summed E-state index contributed by atoms with van der Waals surface area (Å²) in [5, 5.41) is 0. The van der Waals surface area contributed by atoms with E-state index in [9.17, 15) is 4.79 Å². The van der Waals surface area contributed by atoms with E-state index >= 15 is 0 Å². The second-order valence-electron chi connectivity index (χ2n) is 5.22. The molecule has 0 spiro atoms. The van der Waals surface area contributed by atoms with E-state index in [1.807, 2.05) is 42.5 Å². The lowest BCUT2D eigenvalue weighted by atomic mass is 10.2. The van der Waals surface area contributed by atoms with Crippen LogP contribution in [-0.4, -0.2) is 14.5 Å². The minimum Gasteiger partial charge on any atom is -0.435 e. The molecule has 3 aromatic heterocycles. The smallest absolute Gasteiger partial charge is 0.259 e. The summed E-state index contributed by atoms with van der Waals surface area (Å²) in [4.78, 5) is 21.4. The average molecular weight is 303 g/mol. The molecule has 0 unspecified atom stereocenters. The van der Waals surface area contributed by atoms with Crippen LogP contribution in [0.3, 0.4) is 0 Å². The van der Waals surface area contributed by atoms with Gasteiger partial charge in [-0.3, -0.25) is 9.36 Å². The van der Waals surface area contributed by atoms with Crippen molar-refractivity contribution in [3.05, 3.63) is 76.7 Å². The number of oxazole rings is 1. The molecule has 0 radical (unpaired) electrons. The summed E-state index contributed by atoms with van der Waals surface area (Å²) in [6.45, 7) is 1.78. The molecule has 112 valence electrons. The SMILES string of the molecule is Cc1ccc(-c2nc3ccccc3o2)n(-c2ccccn2)c1=O. The summed E-state index contributed by atoms with van der Waals surface area (Å²) in [7, 11) is 0. The molecule has 0 aliphatic rings. The van der Waals surface area contributed by atoms with Gasteiger partial charge in [-0.05, 0) is 37.3 Å². The van der Waals surface area contributed by atoms with Gasteiger partial charge in [0.15, 0.2) is 5.58 Å². The molecule has 5 heteroatoms. The van der Waals surface area contributed by atoms with Crippen LogP contribution >= 0.6 is 0 Å². The first-order valence-corrected chi connectivity index (χ1v) is 7.24. The fraction of sp³-hybridized carbons (Fsp3) is 0.0556. The lowest BCUT2D eigenvalue weighted by Gasteiger charge is -2.10. The topological polar surface area (TPSA) is 60.9 Å². The molecule has 0 fully saturated rings. The van der Waals surface area contributed by atoms with Crippen molar-refractivity contribution in [2.45, 2.75) is 6.92 Å². The highest BCUT2D eigenvalue weighted by atomic mass is 16.3. The molecule has 0 atom stereocenters. The molecule has 0 bridgehead atoms. The Morgan fingerprint density at radius 3 is 2.61 bits per heavy atom. The zero-order valence-corrected chi connectivity index (χ0v) is 12.4. The summed E-state index contributed by atoms with van der Waals surface area (Å²) in [5.74, 6) is 0.937. The van der Waals surface area contributed by atoms with Crippen molar-refractivity contribution in [2.75, 3.05) is 0 Å². The lowest BCUT2D eigenvalue weighted by Crippen LogP contribution is -2.22. The van der Waals surface area contributed by atoms with Gasteiger partial charge in [0, 0.05) is 11.8 Å². The summed E-state index contributed by atoms with van der Waals surface area (Å²) in [6, 6.07) is 16.5. The minimum absolute atomic E-state index is 0.136. The number of benzene rings is 1. The zero-order chi connectivity index (χ0) is 15.8. The van der Waals surface area contributed by atoms with E-state index in [1.165, 1.54) is 4.57 Å². The van der Waals surface area contributed by atoms with Crippen molar-refractivity contribution in [3.8, 4) is 17.4 Å². The number of hydrogen-bond acceptors (Lipinski definition) is 4. The van der Waals surface area contributed by atoms with Crippen LogP contribution in [0.15, 0.2) is 70.0 Å². The zero-order valence-electron chi connectivity index (χ0n) is 12.4. The van der Waals surface area contributed by atoms with E-state index in [0.29, 0.717) is 28.5 Å². The maximum atomic E-state index is 12.6. The van der Waals surface area contributed by atoms with Crippen LogP contribution in [-0.2, 0) is 0 Å². The molecule has 3 heterocycles. The molecular formula is C18H13N3O2. The Hall–Kier alpha value is -3.21. The minimum atomic E-state index is -0.136. The summed E-state index contributed by atoms with van der Waals surface area (Å²) in [6.07, 6.45) is 1.65. The van der Waals surface area contributed by atoms with Crippen molar-refractivity contribution >= 4 is 11.1 Å². The molecule has 0 N–H and O–H groups in total. The van der Waals surface area contributed by atoms with Crippen molar-refractivity contribution in [1.29, 1.82) is 0 Å². The second-order valence-corrected chi connectivity index (χ2v) is 5.22. The van der Waals surface area contributed by atoms with Crippen LogP contribution in [0.25, 0.3) is 28.5 Å². The van der Waals surface area contributed by atoms with Gasteiger partial charge in [-0.1, -0.05) is 24.3 Å². The normalized spacial score (nSPS) is 11.0. The largest absolute Gasteiger partial charge is 0.435 e. The number of pyridine rings is 2. The average Bonchev–Trinajstić information content (AvgIpc) is 3.02. The first-order chi connectivity index (χ1) is 11.2. The highest BCUT2D eigenvalue weighted by Crippen LogP contribution is 2.24. The van der Waals surface area contributed by atoms with Crippen LogP contribution in [0.2, 0.25) is 0 Å². The van der Waals surface area contributed by atoms with Crippen molar-refractivity contribution in [2.24, 2.45) is 0 Å². The van der Waals surface area contributed by atoms with Gasteiger partial charge in [-0.25, -0.2) is 9.97 Å². The van der Waals surface area contributed by atoms with E-state index in [1.54, 1.807) is 25.3 Å². The Morgan fingerprint density at radius 2 is 1.83 bits per heavy atom. The van der Waals surface area contributed by atoms with Gasteiger partial charge in [0.1, 0.15) is 17.0 Å². The van der Waals surface area contributed by atoms with Gasteiger partial charge in [0.2, 0.25) is 5.89 Å². The first kappa shape index (κ1) is 13.5. The molecule has 0 aliphatic heterocycles. The number of aryl methyl sites for hydroxylation is 1. The fourth-order valence-electron chi connectivity index (χ4n) is 2.50. The Bertz CT molecular complexity index is 1020. The van der Waals surface area contributed by atoms with E-state index in [4.69, 9.17) is 4.42 Å². The van der Waals surface area contributed by atoms with Gasteiger partial charge < -0.3 is 4.42 Å². The highest BCUT2D eigenvalue weighted by Gasteiger charge is 2.16. The van der Waals surface area contributed by atoms with E-state index in [0.717, 1.165) is 5.52 Å². The number of fused-ring (bicyclic) bond motifs is 1. The molecule has 1 aromatic carbocycles. The maximum Gasteiger partial charge on any atom is 0.259 e. The van der Waals surface area contributed by atoms with Gasteiger partial charge in [-0.2, -0.15) is 0 Å². The third-order valence-corrected chi connectivity index (χ3v) is 3.66. The monoisotopic (exact) mass is 303 g/mol. The molecule has 0 saturated heterocycles. The predicted molar refractivity (Wildman–Crippen MR) is 87.6 cm³/mol. The van der Waals surface area contributed by atoms with E-state index in [2.05, 4.69) is 9.97 Å². The first-order valence-electron chi connectivity index (χ1n) is 7.24. The molecule has 0 amide bonds. The predicted octanol–water partition coefficient (Wildman–Crippen LogP) is 3.35. The highest BCUT2D eigenvalue weighted by molar-refractivity contribution is 5.75. The van der Waals surface area contributed by atoms with Crippen molar-refractivity contribution < 1.29 is 4.42 Å². The van der Waals surface area contributed by atoms with Gasteiger partial charge >= 0.3 is 0 Å². The summed E-state index contributed by atoms with van der Waals surface area (Å²) >= 11 is 0. The fourth-order valence-corrected chi connectivity index (χ4v) is 2.50. The number of rotatable bonds is 2. The summed E-state index contributed by atoms with van der Waals surface area (Å²) < 4.78 is 7.34. The Morgan fingerprint density at radius 1 is 1.00 bits per heavy atom. The molecule has 0 saturated carbocycles. The van der Waals surface area contributed by atoms with E-state index in [-0.39, 0.29) is 5.56 Å². The maximum absolute atomic E-state index is 12.6. The number of nitrogens with zero attached hydrogens (tertiary/aromatic N) is 3. The van der Waals surface area contributed by atoms with Gasteiger partial charge in [0.05, 0.1) is 0 Å². The van der Waals surface area contributed by atoms with Crippen molar-refractivity contribution in [1.82, 2.24) is 14.5 Å². The van der Waals surface area contributed by atoms with Crippen LogP contribution in [0.4, 0.5) is 0 Å². The van der Waals surface area contributed by atoms with E-state index < -0.39 is 0 Å². The van der Waals surface area contributed by atoms with Gasteiger partial charge in [0.25, 0.3) is 5.56 Å². The molecular weight excluding hydrogens is 290 g/mol. The molecule has 4 rings (SSSR count). The third-order valence-electron chi connectivity index (χ3n) is 3.66. The standard InChI is InChI=1S/C18H13N3O2/c1-12-9-10-14(17-20-13-6-2-3-7-15(13)23-17)21(18(12)22)16-8-4-5-11-19-16/h2-11H,1H3. The van der Waals surface area contributed by atoms with Crippen molar-refractivity contribution in [3.63, 3.8) is 0 Å². The molecule has 4 aromatic rings. The number of para-hydroxylation sites is 2. The third kappa shape index (κ3) is 2.23. The number of hydrogen-bond donors (Lipinski definition) is 0. The molecule has 5 nitrogen and oxygen atoms in total. The van der Waals surface area contributed by atoms with Crippen LogP contribution in [0, 0.1) is 6.92 Å². The second kappa shape index (κ2) is 5.21. The number of aromatic nitrogens is 3. The van der Waals surface area contributed by atoms with Crippen LogP contribution in [0.1, 0.15) is 5.56 Å². The Labute approximate surface area is 131 Å². The summed E-state index contributed by atoms with van der Waals surface area (Å²) in [5.41, 5.74) is 2.51. The quantitative estimate of drug-likeness (QED) is 0.570. The Balaban J connectivity index is 2.02. The molecule has 23 heavy (non-hydrogen) atoms. The van der Waals surface area contributed by atoms with Crippen LogP contribution in [0.5, 0.6) is 0 Å². The Kier molecular flexibility index (Phi) is 3.05. The van der Waals surface area contributed by atoms with Crippen LogP contribution < -0.4 is 5.56 Å².